The molecular formula is C13H28N2O2S. The Morgan fingerprint density at radius 1 is 1.33 bits per heavy atom. The minimum absolute atomic E-state index is 0.109. The van der Waals surface area contributed by atoms with Gasteiger partial charge in [0, 0.05) is 24.8 Å². The largest absolute Gasteiger partial charge is 0.378 e. The topological polar surface area (TPSA) is 64.3 Å². The van der Waals surface area contributed by atoms with E-state index in [1.165, 1.54) is 6.42 Å². The van der Waals surface area contributed by atoms with Gasteiger partial charge in [-0.25, -0.2) is 0 Å². The van der Waals surface area contributed by atoms with Crippen LogP contribution in [0.25, 0.3) is 0 Å². The van der Waals surface area contributed by atoms with Gasteiger partial charge in [0.15, 0.2) is 0 Å². The van der Waals surface area contributed by atoms with Gasteiger partial charge in [0.1, 0.15) is 0 Å². The van der Waals surface area contributed by atoms with E-state index >= 15 is 0 Å². The molecule has 108 valence electrons. The fourth-order valence-corrected chi connectivity index (χ4v) is 2.12. The van der Waals surface area contributed by atoms with Gasteiger partial charge >= 0.3 is 0 Å². The molecule has 0 aromatic rings. The number of rotatable bonds is 12. The molecule has 0 spiro atoms. The van der Waals surface area contributed by atoms with Crippen LogP contribution in [0.2, 0.25) is 0 Å². The van der Waals surface area contributed by atoms with Crippen LogP contribution in [0.1, 0.15) is 45.4 Å². The van der Waals surface area contributed by atoms with E-state index < -0.39 is 0 Å². The molecule has 0 bridgehead atoms. The summed E-state index contributed by atoms with van der Waals surface area (Å²) in [5.41, 5.74) is 5.28. The molecule has 0 aliphatic heterocycles. The van der Waals surface area contributed by atoms with Crippen molar-refractivity contribution in [3.8, 4) is 0 Å². The summed E-state index contributed by atoms with van der Waals surface area (Å²) in [6, 6.07) is 0. The summed E-state index contributed by atoms with van der Waals surface area (Å²) in [7, 11) is 0. The first-order valence-electron chi connectivity index (χ1n) is 6.93. The third-order valence-electron chi connectivity index (χ3n) is 2.64. The van der Waals surface area contributed by atoms with Crippen molar-refractivity contribution < 1.29 is 9.53 Å². The van der Waals surface area contributed by atoms with Gasteiger partial charge < -0.3 is 15.8 Å². The van der Waals surface area contributed by atoms with Crippen LogP contribution in [0.4, 0.5) is 0 Å². The van der Waals surface area contributed by atoms with Crippen molar-refractivity contribution in [2.24, 2.45) is 5.73 Å². The summed E-state index contributed by atoms with van der Waals surface area (Å²) >= 11 is 4.50. The minimum atomic E-state index is 0.109. The molecule has 0 rings (SSSR count). The van der Waals surface area contributed by atoms with Crippen LogP contribution in [0.15, 0.2) is 0 Å². The summed E-state index contributed by atoms with van der Waals surface area (Å²) in [6.07, 6.45) is 6.06. The number of carbonyl (C=O) groups excluding carboxylic acids is 1. The van der Waals surface area contributed by atoms with Gasteiger partial charge in [0.2, 0.25) is 5.91 Å². The maximum Gasteiger partial charge on any atom is 0.220 e. The van der Waals surface area contributed by atoms with Gasteiger partial charge in [0.25, 0.3) is 0 Å². The predicted molar refractivity (Wildman–Crippen MR) is 79.0 cm³/mol. The second kappa shape index (κ2) is 13.2. The smallest absolute Gasteiger partial charge is 0.220 e. The lowest BCUT2D eigenvalue weighted by Crippen LogP contribution is -2.27. The Balaban J connectivity index is 3.26. The molecule has 5 heteroatoms. The highest BCUT2D eigenvalue weighted by Crippen LogP contribution is 2.13. The average molecular weight is 276 g/mol. The first kappa shape index (κ1) is 17.7. The van der Waals surface area contributed by atoms with Crippen LogP contribution in [0.3, 0.4) is 0 Å². The minimum Gasteiger partial charge on any atom is -0.378 e. The number of hydrogen-bond donors (Lipinski definition) is 3. The number of thiol groups is 1. The van der Waals surface area contributed by atoms with Crippen molar-refractivity contribution in [1.29, 1.82) is 0 Å². The highest BCUT2D eigenvalue weighted by Gasteiger charge is 2.03. The maximum atomic E-state index is 11.4. The van der Waals surface area contributed by atoms with Gasteiger partial charge in [-0.15, -0.1) is 0 Å². The molecule has 0 heterocycles. The molecule has 18 heavy (non-hydrogen) atoms. The number of nitrogens with one attached hydrogen (secondary N) is 1. The average Bonchev–Trinajstić information content (AvgIpc) is 2.35. The quantitative estimate of drug-likeness (QED) is 0.376. The Labute approximate surface area is 116 Å². The Kier molecular flexibility index (Phi) is 13.0. The first-order valence-corrected chi connectivity index (χ1v) is 7.45. The molecule has 3 N–H and O–H groups in total. The van der Waals surface area contributed by atoms with Crippen LogP contribution < -0.4 is 11.1 Å². The summed E-state index contributed by atoms with van der Waals surface area (Å²) in [6.45, 7) is 4.36. The lowest BCUT2D eigenvalue weighted by atomic mass is 10.1. The number of ether oxygens (including phenoxy) is 1. The lowest BCUT2D eigenvalue weighted by molar-refractivity contribution is -0.121. The molecule has 0 aliphatic rings. The fourth-order valence-electron chi connectivity index (χ4n) is 1.68. The zero-order chi connectivity index (χ0) is 13.6. The van der Waals surface area contributed by atoms with E-state index in [0.29, 0.717) is 38.0 Å². The van der Waals surface area contributed by atoms with Crippen molar-refractivity contribution in [1.82, 2.24) is 5.32 Å². The van der Waals surface area contributed by atoms with E-state index in [0.717, 1.165) is 25.7 Å². The van der Waals surface area contributed by atoms with Crippen LogP contribution >= 0.6 is 12.6 Å². The summed E-state index contributed by atoms with van der Waals surface area (Å²) in [5.74, 6) is 0.109. The van der Waals surface area contributed by atoms with Crippen molar-refractivity contribution in [3.63, 3.8) is 0 Å². The monoisotopic (exact) mass is 276 g/mol. The normalized spacial score (nSPS) is 12.4. The third kappa shape index (κ3) is 12.2. The molecule has 0 saturated heterocycles. The second-order valence-corrected chi connectivity index (χ2v) is 5.17. The van der Waals surface area contributed by atoms with Crippen LogP contribution in [0, 0.1) is 0 Å². The molecule has 0 aromatic carbocycles. The highest BCUT2D eigenvalue weighted by atomic mass is 32.1. The molecule has 4 nitrogen and oxygen atoms in total. The summed E-state index contributed by atoms with van der Waals surface area (Å²) < 4.78 is 5.17. The third-order valence-corrected chi connectivity index (χ3v) is 3.16. The first-order chi connectivity index (χ1) is 8.70. The molecule has 1 unspecified atom stereocenters. The van der Waals surface area contributed by atoms with Crippen LogP contribution in [-0.4, -0.2) is 37.5 Å². The molecule has 0 aliphatic carbocycles. The molecule has 0 fully saturated rings. The second-order valence-electron chi connectivity index (χ2n) is 4.44. The standard InChI is InChI=1S/C13H28N2O2S/c1-2-5-12(18)6-3-4-7-13(16)15-9-11-17-10-8-14/h12,18H,2-11,14H2,1H3,(H,15,16). The number of unbranched alkanes of at least 4 members (excludes halogenated alkanes) is 1. The van der Waals surface area contributed by atoms with E-state index in [2.05, 4.69) is 24.9 Å². The number of nitrogens with two attached hydrogens (primary N) is 1. The van der Waals surface area contributed by atoms with E-state index in [-0.39, 0.29) is 5.91 Å². The molecule has 1 amide bonds. The van der Waals surface area contributed by atoms with Crippen molar-refractivity contribution in [2.75, 3.05) is 26.3 Å². The molecular weight excluding hydrogens is 248 g/mol. The van der Waals surface area contributed by atoms with E-state index in [9.17, 15) is 4.79 Å². The van der Waals surface area contributed by atoms with Crippen molar-refractivity contribution in [3.05, 3.63) is 0 Å². The van der Waals surface area contributed by atoms with Gasteiger partial charge in [-0.1, -0.05) is 19.8 Å². The van der Waals surface area contributed by atoms with Crippen LogP contribution in [-0.2, 0) is 9.53 Å². The van der Waals surface area contributed by atoms with Crippen molar-refractivity contribution in [2.45, 2.75) is 50.7 Å². The Bertz CT molecular complexity index is 203. The summed E-state index contributed by atoms with van der Waals surface area (Å²) in [5, 5.41) is 3.32. The van der Waals surface area contributed by atoms with E-state index in [4.69, 9.17) is 10.5 Å². The molecule has 0 radical (unpaired) electrons. The van der Waals surface area contributed by atoms with Crippen molar-refractivity contribution >= 4 is 18.5 Å². The number of amides is 1. The Morgan fingerprint density at radius 3 is 2.78 bits per heavy atom. The SMILES string of the molecule is CCCC(S)CCCCC(=O)NCCOCCN. The van der Waals surface area contributed by atoms with Crippen LogP contribution in [0.5, 0.6) is 0 Å². The maximum absolute atomic E-state index is 11.4. The predicted octanol–water partition coefficient (Wildman–Crippen LogP) is 1.74. The Morgan fingerprint density at radius 2 is 2.11 bits per heavy atom. The lowest BCUT2D eigenvalue weighted by Gasteiger charge is -2.09. The fraction of sp³-hybridized carbons (Fsp3) is 0.923. The van der Waals surface area contributed by atoms with Gasteiger partial charge in [-0.2, -0.15) is 12.6 Å². The van der Waals surface area contributed by atoms with Gasteiger partial charge in [-0.3, -0.25) is 4.79 Å². The zero-order valence-electron chi connectivity index (χ0n) is 11.5. The van der Waals surface area contributed by atoms with Gasteiger partial charge in [-0.05, 0) is 19.3 Å². The van der Waals surface area contributed by atoms with E-state index in [1.807, 2.05) is 0 Å². The highest BCUT2D eigenvalue weighted by molar-refractivity contribution is 7.80. The zero-order valence-corrected chi connectivity index (χ0v) is 12.4. The molecule has 1 atom stereocenters. The molecule has 0 saturated carbocycles. The Hall–Kier alpha value is -0.260. The number of carbonyl (C=O) groups is 1. The molecule has 0 aromatic heterocycles. The van der Waals surface area contributed by atoms with Gasteiger partial charge in [0.05, 0.1) is 13.2 Å². The summed E-state index contributed by atoms with van der Waals surface area (Å²) in [4.78, 5) is 11.4. The number of hydrogen-bond acceptors (Lipinski definition) is 4. The van der Waals surface area contributed by atoms with E-state index in [1.54, 1.807) is 0 Å².